The summed E-state index contributed by atoms with van der Waals surface area (Å²) in [6, 6.07) is 17.2. The number of anilines is 1. The molecule has 1 saturated heterocycles. The lowest BCUT2D eigenvalue weighted by Crippen LogP contribution is -2.46. The lowest BCUT2D eigenvalue weighted by atomic mass is 10.0. The van der Waals surface area contributed by atoms with Crippen LogP contribution in [0, 0.1) is 0 Å². The fourth-order valence-corrected chi connectivity index (χ4v) is 3.28. The number of hydrogen-bond donors (Lipinski definition) is 1. The lowest BCUT2D eigenvalue weighted by molar-refractivity contribution is 0.413. The molecule has 1 heterocycles. The fraction of sp³-hybridized carbons (Fsp3) is 0.294. The van der Waals surface area contributed by atoms with Gasteiger partial charge in [0.1, 0.15) is 5.75 Å². The quantitative estimate of drug-likeness (QED) is 0.918. The second-order valence-electron chi connectivity index (χ2n) is 5.17. The highest BCUT2D eigenvalue weighted by Crippen LogP contribution is 2.33. The number of halogens is 1. The molecule has 110 valence electrons. The first kappa shape index (κ1) is 14.4. The molecule has 1 N–H and O–H groups in total. The molecule has 0 bridgehead atoms. The van der Waals surface area contributed by atoms with Gasteiger partial charge in [0.25, 0.3) is 0 Å². The van der Waals surface area contributed by atoms with E-state index in [2.05, 4.69) is 68.6 Å². The average molecular weight is 347 g/mol. The van der Waals surface area contributed by atoms with Gasteiger partial charge in [-0.1, -0.05) is 46.3 Å². The van der Waals surface area contributed by atoms with Gasteiger partial charge in [-0.05, 0) is 17.7 Å². The molecule has 1 aliphatic heterocycles. The third-order valence-corrected chi connectivity index (χ3v) is 4.31. The van der Waals surface area contributed by atoms with Crippen molar-refractivity contribution in [3.63, 3.8) is 0 Å². The van der Waals surface area contributed by atoms with Gasteiger partial charge < -0.3 is 15.0 Å². The molecule has 0 radical (unpaired) electrons. The summed E-state index contributed by atoms with van der Waals surface area (Å²) < 4.78 is 6.44. The maximum absolute atomic E-state index is 5.40. The smallest absolute Gasteiger partial charge is 0.122 e. The number of hydrogen-bond acceptors (Lipinski definition) is 3. The molecular weight excluding hydrogens is 328 g/mol. The van der Waals surface area contributed by atoms with Crippen molar-refractivity contribution in [2.75, 3.05) is 31.6 Å². The predicted octanol–water partition coefficient (Wildman–Crippen LogP) is 3.61. The summed E-state index contributed by atoms with van der Waals surface area (Å²) >= 11 is 3.57. The Hall–Kier alpha value is -1.52. The van der Waals surface area contributed by atoms with Gasteiger partial charge in [-0.3, -0.25) is 0 Å². The van der Waals surface area contributed by atoms with E-state index >= 15 is 0 Å². The van der Waals surface area contributed by atoms with E-state index in [1.807, 2.05) is 6.07 Å². The van der Waals surface area contributed by atoms with Crippen LogP contribution >= 0.6 is 15.9 Å². The van der Waals surface area contributed by atoms with Gasteiger partial charge in [0.05, 0.1) is 13.2 Å². The highest BCUT2D eigenvalue weighted by atomic mass is 79.9. The summed E-state index contributed by atoms with van der Waals surface area (Å²) in [5.41, 5.74) is 2.53. The minimum atomic E-state index is 0.346. The Morgan fingerprint density at radius 1 is 1.19 bits per heavy atom. The van der Waals surface area contributed by atoms with Crippen LogP contribution in [0.15, 0.2) is 53.0 Å². The molecule has 21 heavy (non-hydrogen) atoms. The second kappa shape index (κ2) is 6.50. The highest BCUT2D eigenvalue weighted by molar-refractivity contribution is 9.10. The largest absolute Gasteiger partial charge is 0.497 e. The van der Waals surface area contributed by atoms with Crippen molar-refractivity contribution in [1.82, 2.24) is 5.32 Å². The van der Waals surface area contributed by atoms with E-state index in [9.17, 15) is 0 Å². The van der Waals surface area contributed by atoms with Crippen molar-refractivity contribution in [3.8, 4) is 5.75 Å². The molecular formula is C17H19BrN2O. The summed E-state index contributed by atoms with van der Waals surface area (Å²) in [5.74, 6) is 0.879. The second-order valence-corrected chi connectivity index (χ2v) is 6.09. The van der Waals surface area contributed by atoms with Gasteiger partial charge in [0.2, 0.25) is 0 Å². The molecule has 3 nitrogen and oxygen atoms in total. The minimum absolute atomic E-state index is 0.346. The fourth-order valence-electron chi connectivity index (χ4n) is 2.82. The number of ether oxygens (including phenoxy) is 1. The zero-order valence-corrected chi connectivity index (χ0v) is 13.6. The van der Waals surface area contributed by atoms with E-state index < -0.39 is 0 Å². The maximum Gasteiger partial charge on any atom is 0.122 e. The van der Waals surface area contributed by atoms with Crippen LogP contribution in [0.25, 0.3) is 0 Å². The molecule has 0 saturated carbocycles. The number of nitrogens with one attached hydrogen (secondary N) is 1. The summed E-state index contributed by atoms with van der Waals surface area (Å²) in [5, 5.41) is 3.49. The molecule has 2 aromatic carbocycles. The number of rotatable bonds is 3. The molecule has 3 rings (SSSR count). The lowest BCUT2D eigenvalue weighted by Gasteiger charge is -2.38. The van der Waals surface area contributed by atoms with E-state index in [0.717, 1.165) is 29.9 Å². The molecule has 2 aromatic rings. The van der Waals surface area contributed by atoms with Crippen LogP contribution < -0.4 is 15.0 Å². The first-order valence-electron chi connectivity index (χ1n) is 7.15. The van der Waals surface area contributed by atoms with Crippen molar-refractivity contribution in [1.29, 1.82) is 0 Å². The molecule has 1 aliphatic rings. The topological polar surface area (TPSA) is 24.5 Å². The number of methoxy groups -OCH3 is 1. The normalized spacial score (nSPS) is 18.6. The predicted molar refractivity (Wildman–Crippen MR) is 90.1 cm³/mol. The van der Waals surface area contributed by atoms with Crippen LogP contribution in [0.4, 0.5) is 5.69 Å². The Morgan fingerprint density at radius 3 is 2.76 bits per heavy atom. The first-order chi connectivity index (χ1) is 10.3. The van der Waals surface area contributed by atoms with Crippen LogP contribution in [0.2, 0.25) is 0 Å². The van der Waals surface area contributed by atoms with Crippen molar-refractivity contribution >= 4 is 21.6 Å². The van der Waals surface area contributed by atoms with Gasteiger partial charge in [0.15, 0.2) is 0 Å². The Labute approximate surface area is 134 Å². The molecule has 0 amide bonds. The summed E-state index contributed by atoms with van der Waals surface area (Å²) in [7, 11) is 1.71. The molecule has 0 aromatic heterocycles. The standard InChI is InChI=1S/C17H19BrN2O/c1-21-16-10-14(18)9-15(11-16)20-8-7-19-12-17(20)13-5-3-2-4-6-13/h2-6,9-11,17,19H,7-8,12H2,1H3. The molecule has 1 fully saturated rings. The molecule has 0 spiro atoms. The third-order valence-electron chi connectivity index (χ3n) is 3.85. The Balaban J connectivity index is 1.96. The zero-order valence-electron chi connectivity index (χ0n) is 12.1. The third kappa shape index (κ3) is 3.22. The molecule has 0 aliphatic carbocycles. The molecule has 4 heteroatoms. The Kier molecular flexibility index (Phi) is 4.46. The van der Waals surface area contributed by atoms with E-state index in [4.69, 9.17) is 4.74 Å². The Bertz CT molecular complexity index is 603. The summed E-state index contributed by atoms with van der Waals surface area (Å²) in [6.45, 7) is 2.94. The van der Waals surface area contributed by atoms with Crippen LogP contribution in [0.1, 0.15) is 11.6 Å². The van der Waals surface area contributed by atoms with Gasteiger partial charge in [-0.2, -0.15) is 0 Å². The number of benzene rings is 2. The molecule has 1 unspecified atom stereocenters. The van der Waals surface area contributed by atoms with Crippen molar-refractivity contribution in [2.24, 2.45) is 0 Å². The van der Waals surface area contributed by atoms with Crippen molar-refractivity contribution in [3.05, 3.63) is 58.6 Å². The van der Waals surface area contributed by atoms with Crippen molar-refractivity contribution in [2.45, 2.75) is 6.04 Å². The summed E-state index contributed by atoms with van der Waals surface area (Å²) in [4.78, 5) is 2.44. The van der Waals surface area contributed by atoms with Crippen molar-refractivity contribution < 1.29 is 4.74 Å². The van der Waals surface area contributed by atoms with Gasteiger partial charge >= 0.3 is 0 Å². The number of piperazine rings is 1. The molecule has 1 atom stereocenters. The van der Waals surface area contributed by atoms with Gasteiger partial charge in [-0.25, -0.2) is 0 Å². The average Bonchev–Trinajstić information content (AvgIpc) is 2.55. The van der Waals surface area contributed by atoms with Crippen LogP contribution in [0.5, 0.6) is 5.75 Å². The van der Waals surface area contributed by atoms with Gasteiger partial charge in [-0.15, -0.1) is 0 Å². The van der Waals surface area contributed by atoms with E-state index in [0.29, 0.717) is 6.04 Å². The van der Waals surface area contributed by atoms with Crippen LogP contribution in [-0.2, 0) is 0 Å². The van der Waals surface area contributed by atoms with Crippen LogP contribution in [-0.4, -0.2) is 26.7 Å². The van der Waals surface area contributed by atoms with Crippen LogP contribution in [0.3, 0.4) is 0 Å². The van der Waals surface area contributed by atoms with E-state index in [1.165, 1.54) is 11.3 Å². The maximum atomic E-state index is 5.40. The van der Waals surface area contributed by atoms with E-state index in [1.54, 1.807) is 7.11 Å². The zero-order chi connectivity index (χ0) is 14.7. The highest BCUT2D eigenvalue weighted by Gasteiger charge is 2.24. The Morgan fingerprint density at radius 2 is 2.00 bits per heavy atom. The first-order valence-corrected chi connectivity index (χ1v) is 7.94. The monoisotopic (exact) mass is 346 g/mol. The van der Waals surface area contributed by atoms with Gasteiger partial charge in [0, 0.05) is 35.9 Å². The minimum Gasteiger partial charge on any atom is -0.497 e. The SMILES string of the molecule is COc1cc(Br)cc(N2CCNCC2c2ccccc2)c1. The number of nitrogens with zero attached hydrogens (tertiary/aromatic N) is 1. The summed E-state index contributed by atoms with van der Waals surface area (Å²) in [6.07, 6.45) is 0. The van der Waals surface area contributed by atoms with E-state index in [-0.39, 0.29) is 0 Å².